The first kappa shape index (κ1) is 11.2. The number of ketones is 1. The molecule has 2 N–H and O–H groups in total. The van der Waals surface area contributed by atoms with Crippen molar-refractivity contribution < 1.29 is 9.59 Å². The van der Waals surface area contributed by atoms with Crippen molar-refractivity contribution in [3.8, 4) is 0 Å². The fourth-order valence-electron chi connectivity index (χ4n) is 2.10. The Morgan fingerprint density at radius 1 is 1.43 bits per heavy atom. The van der Waals surface area contributed by atoms with Crippen molar-refractivity contribution in [1.29, 1.82) is 0 Å². The van der Waals surface area contributed by atoms with Crippen LogP contribution in [0.3, 0.4) is 0 Å². The van der Waals surface area contributed by atoms with E-state index < -0.39 is 5.54 Å². The van der Waals surface area contributed by atoms with Gasteiger partial charge in [-0.2, -0.15) is 0 Å². The molecule has 1 fully saturated rings. The average molecular weight is 198 g/mol. The molecule has 3 atom stereocenters. The minimum atomic E-state index is -0.456. The third-order valence-electron chi connectivity index (χ3n) is 3.17. The van der Waals surface area contributed by atoms with Crippen LogP contribution in [0.4, 0.5) is 0 Å². The molecule has 1 unspecified atom stereocenters. The molecule has 1 rings (SSSR count). The van der Waals surface area contributed by atoms with Crippen molar-refractivity contribution in [2.45, 2.75) is 51.7 Å². The summed E-state index contributed by atoms with van der Waals surface area (Å²) in [6.45, 7) is 6.77. The first-order valence-corrected chi connectivity index (χ1v) is 4.85. The number of nitrogens with two attached hydrogens (primary N) is 1. The topological polar surface area (TPSA) is 63.4 Å². The Kier molecular flexibility index (Phi) is 2.67. The van der Waals surface area contributed by atoms with Crippen molar-refractivity contribution in [2.24, 2.45) is 5.73 Å². The highest BCUT2D eigenvalue weighted by Crippen LogP contribution is 2.31. The van der Waals surface area contributed by atoms with Gasteiger partial charge in [0, 0.05) is 18.5 Å². The highest BCUT2D eigenvalue weighted by molar-refractivity contribution is 5.88. The zero-order valence-electron chi connectivity index (χ0n) is 9.20. The van der Waals surface area contributed by atoms with E-state index in [4.69, 9.17) is 5.73 Å². The molecule has 0 aromatic rings. The number of hydrogen-bond acceptors (Lipinski definition) is 3. The predicted molar refractivity (Wildman–Crippen MR) is 53.7 cm³/mol. The summed E-state index contributed by atoms with van der Waals surface area (Å²) in [5, 5.41) is 0. The molecule has 4 nitrogen and oxygen atoms in total. The second-order valence-corrected chi connectivity index (χ2v) is 4.44. The Bertz CT molecular complexity index is 273. The number of Topliss-reactive ketones (excluding diaryl/α,β-unsaturated/α-hetero) is 1. The van der Waals surface area contributed by atoms with Crippen LogP contribution >= 0.6 is 0 Å². The highest BCUT2D eigenvalue weighted by Gasteiger charge is 2.47. The average Bonchev–Trinajstić information content (AvgIpc) is 2.23. The Morgan fingerprint density at radius 3 is 2.21 bits per heavy atom. The van der Waals surface area contributed by atoms with E-state index >= 15 is 0 Å². The molecule has 1 aliphatic heterocycles. The molecule has 1 saturated heterocycles. The van der Waals surface area contributed by atoms with E-state index in [1.165, 1.54) is 13.8 Å². The summed E-state index contributed by atoms with van der Waals surface area (Å²) in [6.07, 6.45) is 0.559. The molecule has 0 radical (unpaired) electrons. The van der Waals surface area contributed by atoms with E-state index in [0.717, 1.165) is 0 Å². The van der Waals surface area contributed by atoms with Crippen LogP contribution in [0.1, 0.15) is 34.1 Å². The molecule has 0 spiro atoms. The van der Waals surface area contributed by atoms with Crippen LogP contribution in [-0.4, -0.2) is 34.2 Å². The van der Waals surface area contributed by atoms with E-state index in [1.807, 2.05) is 13.8 Å². The van der Waals surface area contributed by atoms with Crippen molar-refractivity contribution in [3.05, 3.63) is 0 Å². The molecule has 1 amide bonds. The fraction of sp³-hybridized carbons (Fsp3) is 0.800. The van der Waals surface area contributed by atoms with Crippen LogP contribution in [0.5, 0.6) is 0 Å². The van der Waals surface area contributed by atoms with Gasteiger partial charge in [0.1, 0.15) is 0 Å². The summed E-state index contributed by atoms with van der Waals surface area (Å²) in [5.41, 5.74) is 5.58. The predicted octanol–water partition coefficient (Wildman–Crippen LogP) is 0.302. The van der Waals surface area contributed by atoms with Gasteiger partial charge in [-0.05, 0) is 27.2 Å². The van der Waals surface area contributed by atoms with Gasteiger partial charge >= 0.3 is 0 Å². The zero-order valence-corrected chi connectivity index (χ0v) is 9.20. The van der Waals surface area contributed by atoms with E-state index in [-0.39, 0.29) is 23.8 Å². The lowest BCUT2D eigenvalue weighted by Crippen LogP contribution is -2.49. The molecule has 14 heavy (non-hydrogen) atoms. The number of carbonyl (C=O) groups excluding carboxylic acids is 2. The Labute approximate surface area is 84.4 Å². The summed E-state index contributed by atoms with van der Waals surface area (Å²) < 4.78 is 0. The minimum absolute atomic E-state index is 0.0150. The third kappa shape index (κ3) is 1.66. The first-order valence-electron chi connectivity index (χ1n) is 4.85. The van der Waals surface area contributed by atoms with Crippen LogP contribution in [0.25, 0.3) is 0 Å². The monoisotopic (exact) mass is 198 g/mol. The molecular weight excluding hydrogens is 180 g/mol. The molecule has 0 aliphatic carbocycles. The summed E-state index contributed by atoms with van der Waals surface area (Å²) >= 11 is 0. The lowest BCUT2D eigenvalue weighted by atomic mass is 9.93. The number of carbonyl (C=O) groups is 2. The lowest BCUT2D eigenvalue weighted by Gasteiger charge is -2.29. The van der Waals surface area contributed by atoms with Crippen LogP contribution in [-0.2, 0) is 9.59 Å². The Hall–Kier alpha value is -0.900. The van der Waals surface area contributed by atoms with Crippen LogP contribution < -0.4 is 5.73 Å². The second-order valence-electron chi connectivity index (χ2n) is 4.44. The molecule has 1 aliphatic rings. The summed E-state index contributed by atoms with van der Waals surface area (Å²) in [4.78, 5) is 24.3. The van der Waals surface area contributed by atoms with Crippen LogP contribution in [0.15, 0.2) is 0 Å². The van der Waals surface area contributed by atoms with Gasteiger partial charge < -0.3 is 10.6 Å². The number of amides is 1. The third-order valence-corrected chi connectivity index (χ3v) is 3.17. The SMILES string of the molecule is CC(=O)[C@@H]1CC(C)(N)[C@H](C)N1C(C)=O. The van der Waals surface area contributed by atoms with Gasteiger partial charge in [0.2, 0.25) is 5.91 Å². The molecule has 80 valence electrons. The van der Waals surface area contributed by atoms with Gasteiger partial charge in [0.05, 0.1) is 6.04 Å². The molecule has 0 aromatic carbocycles. The highest BCUT2D eigenvalue weighted by atomic mass is 16.2. The van der Waals surface area contributed by atoms with Gasteiger partial charge in [-0.1, -0.05) is 0 Å². The lowest BCUT2D eigenvalue weighted by molar-refractivity contribution is -0.137. The standard InChI is InChI=1S/C10H18N2O2/c1-6(13)9-5-10(4,11)7(2)12(9)8(3)14/h7,9H,5,11H2,1-4H3/t7-,9-,10?/m0/s1. The molecule has 0 bridgehead atoms. The maximum Gasteiger partial charge on any atom is 0.220 e. The summed E-state index contributed by atoms with van der Waals surface area (Å²) in [5.74, 6) is -0.0619. The smallest absolute Gasteiger partial charge is 0.220 e. The van der Waals surface area contributed by atoms with Gasteiger partial charge in [0.15, 0.2) is 5.78 Å². The molecule has 0 saturated carbocycles. The summed E-state index contributed by atoms with van der Waals surface area (Å²) in [7, 11) is 0. The maximum atomic E-state index is 11.4. The van der Waals surface area contributed by atoms with Gasteiger partial charge in [-0.25, -0.2) is 0 Å². The van der Waals surface area contributed by atoms with Crippen molar-refractivity contribution in [2.75, 3.05) is 0 Å². The zero-order chi connectivity index (χ0) is 11.1. The van der Waals surface area contributed by atoms with Crippen LogP contribution in [0, 0.1) is 0 Å². The van der Waals surface area contributed by atoms with E-state index in [9.17, 15) is 9.59 Å². The largest absolute Gasteiger partial charge is 0.328 e. The number of rotatable bonds is 1. The fourth-order valence-corrected chi connectivity index (χ4v) is 2.10. The van der Waals surface area contributed by atoms with Crippen molar-refractivity contribution >= 4 is 11.7 Å². The molecule has 1 heterocycles. The Morgan fingerprint density at radius 2 is 1.93 bits per heavy atom. The minimum Gasteiger partial charge on any atom is -0.328 e. The molecular formula is C10H18N2O2. The van der Waals surface area contributed by atoms with E-state index in [2.05, 4.69) is 0 Å². The van der Waals surface area contributed by atoms with E-state index in [1.54, 1.807) is 4.90 Å². The first-order chi connectivity index (χ1) is 6.27. The summed E-state index contributed by atoms with van der Waals surface area (Å²) in [6, 6.07) is -0.411. The van der Waals surface area contributed by atoms with Gasteiger partial charge in [-0.15, -0.1) is 0 Å². The van der Waals surface area contributed by atoms with Gasteiger partial charge in [-0.3, -0.25) is 9.59 Å². The van der Waals surface area contributed by atoms with Gasteiger partial charge in [0.25, 0.3) is 0 Å². The normalized spacial score (nSPS) is 37.4. The number of likely N-dealkylation sites (tertiary alicyclic amines) is 1. The number of nitrogens with zero attached hydrogens (tertiary/aromatic N) is 1. The van der Waals surface area contributed by atoms with Crippen LogP contribution in [0.2, 0.25) is 0 Å². The van der Waals surface area contributed by atoms with Crippen molar-refractivity contribution in [3.63, 3.8) is 0 Å². The second kappa shape index (κ2) is 3.35. The van der Waals surface area contributed by atoms with Crippen molar-refractivity contribution in [1.82, 2.24) is 4.90 Å². The maximum absolute atomic E-state index is 11.4. The van der Waals surface area contributed by atoms with E-state index in [0.29, 0.717) is 6.42 Å². The Balaban J connectivity index is 2.99. The number of hydrogen-bond donors (Lipinski definition) is 1. The molecule has 4 heteroatoms. The quantitative estimate of drug-likeness (QED) is 0.659. The molecule has 0 aromatic heterocycles.